The van der Waals surface area contributed by atoms with Crippen LogP contribution in [0.5, 0.6) is 0 Å². The molecule has 158 valence electrons. The van der Waals surface area contributed by atoms with Crippen LogP contribution in [0.2, 0.25) is 0 Å². The quantitative estimate of drug-likeness (QED) is 0.398. The van der Waals surface area contributed by atoms with Gasteiger partial charge in [-0.05, 0) is 39.0 Å². The van der Waals surface area contributed by atoms with Crippen LogP contribution in [0.15, 0.2) is 63.2 Å². The second-order valence-electron chi connectivity index (χ2n) is 7.15. The fourth-order valence-corrected chi connectivity index (χ4v) is 3.82. The molecule has 4 rings (SSSR count). The minimum absolute atomic E-state index is 0.295. The second kappa shape index (κ2) is 8.06. The lowest BCUT2D eigenvalue weighted by Crippen LogP contribution is -2.32. The predicted octanol–water partition coefficient (Wildman–Crippen LogP) is 2.96. The van der Waals surface area contributed by atoms with E-state index in [9.17, 15) is 14.4 Å². The lowest BCUT2D eigenvalue weighted by Gasteiger charge is -2.16. The Morgan fingerprint density at radius 1 is 1.13 bits per heavy atom. The van der Waals surface area contributed by atoms with Crippen molar-refractivity contribution in [2.45, 2.75) is 26.8 Å². The minimum Gasteiger partial charge on any atom is -0.464 e. The first-order valence-electron chi connectivity index (χ1n) is 9.98. The number of benzene rings is 2. The van der Waals surface area contributed by atoms with Gasteiger partial charge in [0.2, 0.25) is 0 Å². The number of aromatic nitrogens is 3. The van der Waals surface area contributed by atoms with Gasteiger partial charge in [0.1, 0.15) is 6.04 Å². The maximum absolute atomic E-state index is 12.8. The van der Waals surface area contributed by atoms with E-state index in [4.69, 9.17) is 4.74 Å². The summed E-state index contributed by atoms with van der Waals surface area (Å²) < 4.78 is 7.87. The Morgan fingerprint density at radius 3 is 2.55 bits per heavy atom. The Labute approximate surface area is 177 Å². The number of nitrogens with one attached hydrogen (secondary N) is 1. The molecule has 0 spiro atoms. The van der Waals surface area contributed by atoms with Crippen LogP contribution in [0, 0.1) is 6.92 Å². The fraction of sp³-hybridized carbons (Fsp3) is 0.217. The van der Waals surface area contributed by atoms with Crippen molar-refractivity contribution in [3.05, 3.63) is 80.6 Å². The van der Waals surface area contributed by atoms with E-state index < -0.39 is 17.3 Å². The van der Waals surface area contributed by atoms with E-state index in [1.54, 1.807) is 38.1 Å². The summed E-state index contributed by atoms with van der Waals surface area (Å²) >= 11 is 0. The van der Waals surface area contributed by atoms with Crippen molar-refractivity contribution in [1.82, 2.24) is 14.2 Å². The molecule has 0 saturated carbocycles. The Kier molecular flexibility index (Phi) is 5.29. The van der Waals surface area contributed by atoms with Crippen molar-refractivity contribution < 1.29 is 9.53 Å². The first kappa shape index (κ1) is 20.3. The van der Waals surface area contributed by atoms with Gasteiger partial charge in [-0.3, -0.25) is 4.79 Å². The van der Waals surface area contributed by atoms with Crippen molar-refractivity contribution >= 4 is 34.0 Å². The third kappa shape index (κ3) is 3.46. The number of para-hydroxylation sites is 2. The molecule has 2 heterocycles. The van der Waals surface area contributed by atoms with Gasteiger partial charge in [-0.15, -0.1) is 4.68 Å². The van der Waals surface area contributed by atoms with Crippen LogP contribution in [0.4, 0.5) is 0 Å². The van der Waals surface area contributed by atoms with Crippen LogP contribution < -0.4 is 11.2 Å². The number of esters is 1. The van der Waals surface area contributed by atoms with Crippen molar-refractivity contribution in [3.63, 3.8) is 0 Å². The van der Waals surface area contributed by atoms with Crippen LogP contribution >= 0.6 is 0 Å². The smallest absolute Gasteiger partial charge is 0.349 e. The summed E-state index contributed by atoms with van der Waals surface area (Å²) in [6, 6.07) is 13.8. The van der Waals surface area contributed by atoms with Gasteiger partial charge in [-0.2, -0.15) is 5.10 Å². The molecule has 2 aromatic heterocycles. The van der Waals surface area contributed by atoms with E-state index in [1.807, 2.05) is 35.8 Å². The standard InChI is InChI=1S/C23H22N4O4/c1-4-31-22(29)15(3)26-14(2)18(16-9-6-8-12-20(16)26)13-24-27-21(28)17-10-5-7-11-19(17)25-23(27)30/h5-13,15H,4H2,1-3H3,(H,25,30). The zero-order chi connectivity index (χ0) is 22.1. The van der Waals surface area contributed by atoms with Crippen molar-refractivity contribution in [2.24, 2.45) is 5.10 Å². The molecule has 31 heavy (non-hydrogen) atoms. The summed E-state index contributed by atoms with van der Waals surface area (Å²) in [5, 5.41) is 5.42. The zero-order valence-corrected chi connectivity index (χ0v) is 17.5. The van der Waals surface area contributed by atoms with Crippen LogP contribution in [0.25, 0.3) is 21.8 Å². The van der Waals surface area contributed by atoms with Gasteiger partial charge >= 0.3 is 11.7 Å². The van der Waals surface area contributed by atoms with Gasteiger partial charge in [-0.1, -0.05) is 30.3 Å². The molecular weight excluding hydrogens is 396 g/mol. The molecule has 8 heteroatoms. The largest absolute Gasteiger partial charge is 0.464 e. The van der Waals surface area contributed by atoms with E-state index >= 15 is 0 Å². The summed E-state index contributed by atoms with van der Waals surface area (Å²) in [5.74, 6) is -0.336. The maximum atomic E-state index is 12.8. The summed E-state index contributed by atoms with van der Waals surface area (Å²) in [5.41, 5.74) is 1.65. The number of hydrogen-bond acceptors (Lipinski definition) is 5. The Bertz CT molecular complexity index is 1440. The highest BCUT2D eigenvalue weighted by molar-refractivity contribution is 6.01. The number of hydrogen-bond donors (Lipinski definition) is 1. The van der Waals surface area contributed by atoms with Gasteiger partial charge < -0.3 is 14.3 Å². The molecule has 8 nitrogen and oxygen atoms in total. The number of ether oxygens (including phenoxy) is 1. The number of H-pyrrole nitrogens is 1. The molecule has 0 fully saturated rings. The van der Waals surface area contributed by atoms with E-state index in [0.29, 0.717) is 23.1 Å². The minimum atomic E-state index is -0.624. The second-order valence-corrected chi connectivity index (χ2v) is 7.15. The van der Waals surface area contributed by atoms with Crippen LogP contribution in [-0.2, 0) is 9.53 Å². The molecular formula is C23H22N4O4. The average Bonchev–Trinajstić information content (AvgIpc) is 3.04. The van der Waals surface area contributed by atoms with E-state index in [-0.39, 0.29) is 5.97 Å². The SMILES string of the molecule is CCOC(=O)C(C)n1c(C)c(C=Nn2c(=O)[nH]c3ccccc3c2=O)c2ccccc21. The average molecular weight is 418 g/mol. The topological polar surface area (TPSA) is 98.4 Å². The molecule has 0 aliphatic heterocycles. The molecule has 1 unspecified atom stereocenters. The molecule has 1 atom stereocenters. The first-order chi connectivity index (χ1) is 14.9. The highest BCUT2D eigenvalue weighted by atomic mass is 16.5. The molecule has 0 saturated heterocycles. The number of carbonyl (C=O) groups is 1. The van der Waals surface area contributed by atoms with Crippen LogP contribution in [0.3, 0.4) is 0 Å². The van der Waals surface area contributed by atoms with Crippen molar-refractivity contribution in [3.8, 4) is 0 Å². The van der Waals surface area contributed by atoms with E-state index in [2.05, 4.69) is 10.1 Å². The number of nitrogens with zero attached hydrogens (tertiary/aromatic N) is 3. The normalized spacial score (nSPS) is 12.6. The summed E-state index contributed by atoms with van der Waals surface area (Å²) in [7, 11) is 0. The number of fused-ring (bicyclic) bond motifs is 2. The Morgan fingerprint density at radius 2 is 1.81 bits per heavy atom. The van der Waals surface area contributed by atoms with Gasteiger partial charge in [0.25, 0.3) is 5.56 Å². The third-order valence-corrected chi connectivity index (χ3v) is 5.31. The molecule has 0 aliphatic rings. The molecule has 0 aliphatic carbocycles. The number of carbonyl (C=O) groups excluding carboxylic acids is 1. The van der Waals surface area contributed by atoms with Gasteiger partial charge in [0.05, 0.1) is 23.7 Å². The van der Waals surface area contributed by atoms with Crippen LogP contribution in [0.1, 0.15) is 31.1 Å². The molecule has 1 N–H and O–H groups in total. The lowest BCUT2D eigenvalue weighted by molar-refractivity contribution is -0.146. The first-order valence-corrected chi connectivity index (χ1v) is 9.98. The predicted molar refractivity (Wildman–Crippen MR) is 120 cm³/mol. The lowest BCUT2D eigenvalue weighted by atomic mass is 10.1. The molecule has 4 aromatic rings. The Hall–Kier alpha value is -3.94. The Balaban J connectivity index is 1.87. The summed E-state index contributed by atoms with van der Waals surface area (Å²) in [6.45, 7) is 5.70. The highest BCUT2D eigenvalue weighted by Crippen LogP contribution is 2.28. The summed E-state index contributed by atoms with van der Waals surface area (Å²) in [4.78, 5) is 40.2. The highest BCUT2D eigenvalue weighted by Gasteiger charge is 2.22. The number of rotatable bonds is 5. The van der Waals surface area contributed by atoms with E-state index in [1.165, 1.54) is 6.21 Å². The van der Waals surface area contributed by atoms with Crippen molar-refractivity contribution in [2.75, 3.05) is 6.61 Å². The van der Waals surface area contributed by atoms with Gasteiger partial charge in [0, 0.05) is 22.2 Å². The molecule has 2 aromatic carbocycles. The third-order valence-electron chi connectivity index (χ3n) is 5.31. The zero-order valence-electron chi connectivity index (χ0n) is 17.5. The van der Waals surface area contributed by atoms with E-state index in [0.717, 1.165) is 21.3 Å². The maximum Gasteiger partial charge on any atom is 0.349 e. The fourth-order valence-electron chi connectivity index (χ4n) is 3.82. The monoisotopic (exact) mass is 418 g/mol. The van der Waals surface area contributed by atoms with Crippen molar-refractivity contribution in [1.29, 1.82) is 0 Å². The van der Waals surface area contributed by atoms with Gasteiger partial charge in [-0.25, -0.2) is 9.59 Å². The van der Waals surface area contributed by atoms with Gasteiger partial charge in [0.15, 0.2) is 0 Å². The molecule has 0 bridgehead atoms. The number of aromatic amines is 1. The summed E-state index contributed by atoms with van der Waals surface area (Å²) in [6.07, 6.45) is 1.48. The molecule has 0 amide bonds. The molecule has 0 radical (unpaired) electrons. The van der Waals surface area contributed by atoms with Crippen LogP contribution in [-0.4, -0.2) is 33.0 Å².